The summed E-state index contributed by atoms with van der Waals surface area (Å²) in [5, 5.41) is 11.0. The maximum absolute atomic E-state index is 6.83. The Labute approximate surface area is 597 Å². The number of pyridine rings is 1. The lowest BCUT2D eigenvalue weighted by Gasteiger charge is -2.33. The summed E-state index contributed by atoms with van der Waals surface area (Å²) in [6, 6.07) is 121. The van der Waals surface area contributed by atoms with Crippen LogP contribution in [0.4, 0.5) is 0 Å². The highest BCUT2D eigenvalue weighted by atomic mass is 16.3. The number of fused-ring (bicyclic) bond motifs is 23. The molecule has 7 nitrogen and oxygen atoms in total. The molecule has 23 rings (SSSR count). The molecule has 0 fully saturated rings. The van der Waals surface area contributed by atoms with Crippen molar-refractivity contribution in [1.82, 2.24) is 24.9 Å². The fourth-order valence-electron chi connectivity index (χ4n) is 17.9. The van der Waals surface area contributed by atoms with Crippen molar-refractivity contribution in [2.75, 3.05) is 0 Å². The van der Waals surface area contributed by atoms with E-state index < -0.39 is 10.8 Å². The van der Waals surface area contributed by atoms with Crippen molar-refractivity contribution in [3.05, 3.63) is 390 Å². The van der Waals surface area contributed by atoms with Crippen molar-refractivity contribution in [2.24, 2.45) is 0 Å². The number of hydrogen-bond donors (Lipinski definition) is 0. The van der Waals surface area contributed by atoms with Gasteiger partial charge in [0.25, 0.3) is 0 Å². The molecule has 3 aliphatic rings. The number of aromatic nitrogens is 5. The van der Waals surface area contributed by atoms with E-state index in [-0.39, 0.29) is 0 Å². The van der Waals surface area contributed by atoms with Gasteiger partial charge >= 0.3 is 0 Å². The molecule has 482 valence electrons. The van der Waals surface area contributed by atoms with Gasteiger partial charge in [-0.1, -0.05) is 261 Å². The molecule has 3 aliphatic carbocycles. The Morgan fingerprint density at radius 3 is 1.20 bits per heavy atom. The average molecular weight is 1320 g/mol. The van der Waals surface area contributed by atoms with E-state index in [1.165, 1.54) is 88.7 Å². The van der Waals surface area contributed by atoms with Gasteiger partial charge in [0.2, 0.25) is 0 Å². The van der Waals surface area contributed by atoms with E-state index in [2.05, 4.69) is 308 Å². The minimum absolute atomic E-state index is 0.391. The molecule has 5 aromatic heterocycles. The first-order valence-corrected chi connectivity index (χ1v) is 35.4. The predicted octanol–water partition coefficient (Wildman–Crippen LogP) is 24.1. The van der Waals surface area contributed by atoms with Gasteiger partial charge in [-0.05, 0) is 178 Å². The quantitative estimate of drug-likeness (QED) is 0.153. The van der Waals surface area contributed by atoms with Gasteiger partial charge in [-0.2, -0.15) is 0 Å². The first-order valence-electron chi connectivity index (χ1n) is 35.4. The molecule has 15 aromatic carbocycles. The van der Waals surface area contributed by atoms with E-state index in [0.717, 1.165) is 110 Å². The maximum atomic E-state index is 6.83. The summed E-state index contributed by atoms with van der Waals surface area (Å²) in [5.74, 6) is 1.36. The van der Waals surface area contributed by atoms with Crippen LogP contribution in [0.2, 0.25) is 0 Å². The minimum atomic E-state index is -0.478. The Kier molecular flexibility index (Phi) is 12.5. The van der Waals surface area contributed by atoms with Crippen molar-refractivity contribution in [3.8, 4) is 78.8 Å². The lowest BCUT2D eigenvalue weighted by molar-refractivity contribution is 0.668. The van der Waals surface area contributed by atoms with Crippen LogP contribution in [0.15, 0.2) is 355 Å². The zero-order valence-electron chi connectivity index (χ0n) is 56.0. The molecule has 20 aromatic rings. The second kappa shape index (κ2) is 22.4. The van der Waals surface area contributed by atoms with Gasteiger partial charge < -0.3 is 8.83 Å². The summed E-state index contributed by atoms with van der Waals surface area (Å²) in [6.45, 7) is 0. The molecule has 0 amide bonds. The van der Waals surface area contributed by atoms with Crippen molar-refractivity contribution < 1.29 is 8.83 Å². The third-order valence-corrected chi connectivity index (χ3v) is 22.3. The van der Waals surface area contributed by atoms with E-state index >= 15 is 0 Å². The SMILES string of the molecule is c1ccc(-c2nc(-c3ccc4c(c3)oc3cc5c(cc34)C3(c4ccccc4-c4ccccc43)c3ccccc3-5)nc3ccccc23)nc1.c1ccc(C2(c3ccccc3)c3ccccc3-c3cc4oc5cc(-c6nc(-c7c8ccccc8cc8ccccc78)nc7ccccc67)ccc5c4cc32)cc1. The third-order valence-electron chi connectivity index (χ3n) is 22.3. The molecule has 1 spiro atoms. The second-order valence-electron chi connectivity index (χ2n) is 27.6. The van der Waals surface area contributed by atoms with Crippen LogP contribution in [0.3, 0.4) is 0 Å². The van der Waals surface area contributed by atoms with Crippen molar-refractivity contribution in [2.45, 2.75) is 10.8 Å². The van der Waals surface area contributed by atoms with Crippen molar-refractivity contribution in [3.63, 3.8) is 0 Å². The first kappa shape index (κ1) is 58.1. The molecule has 7 heteroatoms. The molecule has 0 bridgehead atoms. The van der Waals surface area contributed by atoms with Crippen LogP contribution >= 0.6 is 0 Å². The van der Waals surface area contributed by atoms with E-state index in [9.17, 15) is 0 Å². The largest absolute Gasteiger partial charge is 0.456 e. The monoisotopic (exact) mass is 1320 g/mol. The van der Waals surface area contributed by atoms with Crippen LogP contribution in [0.1, 0.15) is 44.5 Å². The zero-order valence-corrected chi connectivity index (χ0v) is 56.0. The van der Waals surface area contributed by atoms with Gasteiger partial charge in [-0.3, -0.25) is 4.98 Å². The van der Waals surface area contributed by atoms with Gasteiger partial charge in [0, 0.05) is 55.2 Å². The van der Waals surface area contributed by atoms with Gasteiger partial charge in [-0.15, -0.1) is 0 Å². The Bertz CT molecular complexity index is 6860. The molecular weight excluding hydrogens is 1270 g/mol. The summed E-state index contributed by atoms with van der Waals surface area (Å²) in [4.78, 5) is 25.3. The molecule has 0 radical (unpaired) electrons. The molecule has 0 aliphatic heterocycles. The summed E-state index contributed by atoms with van der Waals surface area (Å²) in [6.07, 6.45) is 1.80. The number of benzene rings is 15. The number of rotatable bonds is 6. The normalized spacial score (nSPS) is 13.3. The van der Waals surface area contributed by atoms with Crippen LogP contribution in [-0.4, -0.2) is 24.9 Å². The molecule has 104 heavy (non-hydrogen) atoms. The summed E-state index contributed by atoms with van der Waals surface area (Å²) in [7, 11) is 0. The molecule has 0 saturated heterocycles. The molecular formula is C97H57N5O2. The molecule has 0 saturated carbocycles. The van der Waals surface area contributed by atoms with Gasteiger partial charge in [-0.25, -0.2) is 19.9 Å². The molecule has 5 heterocycles. The van der Waals surface area contributed by atoms with Crippen LogP contribution in [0.5, 0.6) is 0 Å². The Hall–Kier alpha value is -13.8. The van der Waals surface area contributed by atoms with Crippen LogP contribution in [0.25, 0.3) is 166 Å². The number of furan rings is 2. The van der Waals surface area contributed by atoms with Crippen LogP contribution < -0.4 is 0 Å². The third kappa shape index (κ3) is 8.31. The van der Waals surface area contributed by atoms with Crippen molar-refractivity contribution >= 4 is 87.2 Å². The summed E-state index contributed by atoms with van der Waals surface area (Å²) >= 11 is 0. The van der Waals surface area contributed by atoms with E-state index in [1.807, 2.05) is 36.4 Å². The Morgan fingerprint density at radius 2 is 0.654 bits per heavy atom. The highest BCUT2D eigenvalue weighted by Gasteiger charge is 2.52. The molecule has 0 atom stereocenters. The first-order chi connectivity index (χ1) is 51.5. The number of hydrogen-bond acceptors (Lipinski definition) is 7. The lowest BCUT2D eigenvalue weighted by Crippen LogP contribution is -2.28. The predicted molar refractivity (Wildman–Crippen MR) is 422 cm³/mol. The van der Waals surface area contributed by atoms with Crippen LogP contribution in [0, 0.1) is 0 Å². The van der Waals surface area contributed by atoms with Gasteiger partial charge in [0.05, 0.1) is 33.3 Å². The van der Waals surface area contributed by atoms with Gasteiger partial charge in [0.15, 0.2) is 11.6 Å². The van der Waals surface area contributed by atoms with E-state index in [4.69, 9.17) is 28.8 Å². The summed E-state index contributed by atoms with van der Waals surface area (Å²) in [5.41, 5.74) is 27.7. The van der Waals surface area contributed by atoms with E-state index in [1.54, 1.807) is 6.20 Å². The highest BCUT2D eigenvalue weighted by molar-refractivity contribution is 6.14. The topological polar surface area (TPSA) is 90.7 Å². The molecule has 0 unspecified atom stereocenters. The highest BCUT2D eigenvalue weighted by Crippen LogP contribution is 2.64. The van der Waals surface area contributed by atoms with Gasteiger partial charge in [0.1, 0.15) is 28.0 Å². The zero-order chi connectivity index (χ0) is 68.2. The minimum Gasteiger partial charge on any atom is -0.456 e. The van der Waals surface area contributed by atoms with E-state index in [0.29, 0.717) is 11.6 Å². The Balaban J connectivity index is 0.000000132. The fourth-order valence-corrected chi connectivity index (χ4v) is 17.9. The smallest absolute Gasteiger partial charge is 0.161 e. The second-order valence-corrected chi connectivity index (χ2v) is 27.6. The maximum Gasteiger partial charge on any atom is 0.161 e. The average Bonchev–Trinajstić information content (AvgIpc) is 1.51. The number of para-hydroxylation sites is 2. The van der Waals surface area contributed by atoms with Crippen molar-refractivity contribution in [1.29, 1.82) is 0 Å². The standard InChI is InChI=1S/C53H32N2O.C44H25N3O/c1-3-17-36(18-4-1)53(37-19-5-2-6-20-37)45-25-13-11-23-40(45)43-32-49-44(31-46(43)53)41-28-27-35(30-48(41)56-49)51-42-24-12-14-26-47(42)54-52(55-51)50-38-21-9-7-15-33(38)29-34-16-8-10-22-39(34)50;1-5-15-34-27(11-1)28-12-2-6-16-35(28)44(34)36-17-7-3-13-29(36)32-25-41-33(24-37(32)44)30-21-20-26(23-40(30)48-41)43-46-38-18-8-4-14-31(38)42(47-43)39-19-9-10-22-45-39/h1-32H;1-25H. The summed E-state index contributed by atoms with van der Waals surface area (Å²) < 4.78 is 13.5. The number of nitrogens with zero attached hydrogens (tertiary/aromatic N) is 5. The Morgan fingerprint density at radius 1 is 0.240 bits per heavy atom. The van der Waals surface area contributed by atoms with Crippen LogP contribution in [-0.2, 0) is 10.8 Å². The fraction of sp³-hybridized carbons (Fsp3) is 0.0206. The lowest BCUT2D eigenvalue weighted by atomic mass is 9.67. The molecule has 0 N–H and O–H groups in total.